The van der Waals surface area contributed by atoms with E-state index in [1.807, 2.05) is 6.92 Å². The third-order valence-corrected chi connectivity index (χ3v) is 3.56. The second kappa shape index (κ2) is 6.35. The van der Waals surface area contributed by atoms with Crippen molar-refractivity contribution in [3.63, 3.8) is 0 Å². The zero-order valence-corrected chi connectivity index (χ0v) is 11.9. The van der Waals surface area contributed by atoms with E-state index >= 15 is 0 Å². The van der Waals surface area contributed by atoms with Gasteiger partial charge in [0.15, 0.2) is 0 Å². The van der Waals surface area contributed by atoms with Crippen LogP contribution in [0.3, 0.4) is 0 Å². The fourth-order valence-electron chi connectivity index (χ4n) is 1.11. The number of benzene rings is 1. The number of alkyl halides is 1. The standard InChI is InChI=1S/C11H12Br2FNO/c1-7(5-12)6-15-11(16)8-2-9(13)4-10(14)3-8/h2-4,7H,5-6H2,1H3,(H,15,16). The summed E-state index contributed by atoms with van der Waals surface area (Å²) in [6.45, 7) is 2.58. The van der Waals surface area contributed by atoms with Crippen LogP contribution in [0.25, 0.3) is 0 Å². The molecule has 1 aromatic rings. The normalized spacial score (nSPS) is 12.2. The SMILES string of the molecule is CC(CBr)CNC(=O)c1cc(F)cc(Br)c1. The second-order valence-electron chi connectivity index (χ2n) is 3.63. The lowest BCUT2D eigenvalue weighted by Gasteiger charge is -2.09. The monoisotopic (exact) mass is 351 g/mol. The molecule has 1 N–H and O–H groups in total. The molecule has 16 heavy (non-hydrogen) atoms. The fraction of sp³-hybridized carbons (Fsp3) is 0.364. The zero-order chi connectivity index (χ0) is 12.1. The number of carbonyl (C=O) groups excluding carboxylic acids is 1. The van der Waals surface area contributed by atoms with Crippen LogP contribution < -0.4 is 5.32 Å². The summed E-state index contributed by atoms with van der Waals surface area (Å²) in [5.41, 5.74) is 0.327. The molecule has 0 aliphatic carbocycles. The van der Waals surface area contributed by atoms with Crippen molar-refractivity contribution in [3.05, 3.63) is 34.1 Å². The molecule has 0 aliphatic rings. The van der Waals surface area contributed by atoms with E-state index in [0.29, 0.717) is 22.5 Å². The largest absolute Gasteiger partial charge is 0.352 e. The first kappa shape index (κ1) is 13.6. The number of halogens is 3. The first-order valence-corrected chi connectivity index (χ1v) is 6.74. The van der Waals surface area contributed by atoms with Crippen molar-refractivity contribution >= 4 is 37.8 Å². The van der Waals surface area contributed by atoms with Crippen LogP contribution in [0.1, 0.15) is 17.3 Å². The van der Waals surface area contributed by atoms with Gasteiger partial charge in [-0.2, -0.15) is 0 Å². The van der Waals surface area contributed by atoms with Crippen LogP contribution in [0, 0.1) is 11.7 Å². The van der Waals surface area contributed by atoms with Gasteiger partial charge in [0.2, 0.25) is 0 Å². The highest BCUT2D eigenvalue weighted by Crippen LogP contribution is 2.14. The van der Waals surface area contributed by atoms with E-state index in [-0.39, 0.29) is 5.91 Å². The summed E-state index contributed by atoms with van der Waals surface area (Å²) >= 11 is 6.47. The Morgan fingerprint density at radius 3 is 2.75 bits per heavy atom. The Morgan fingerprint density at radius 2 is 2.19 bits per heavy atom. The zero-order valence-electron chi connectivity index (χ0n) is 8.77. The number of hydrogen-bond acceptors (Lipinski definition) is 1. The highest BCUT2D eigenvalue weighted by Gasteiger charge is 2.09. The molecule has 0 spiro atoms. The molecule has 0 aromatic heterocycles. The fourth-order valence-corrected chi connectivity index (χ4v) is 1.80. The summed E-state index contributed by atoms with van der Waals surface area (Å²) in [4.78, 5) is 11.7. The average molecular weight is 353 g/mol. The Bertz CT molecular complexity index is 364. The Labute approximate surface area is 111 Å². The average Bonchev–Trinajstić information content (AvgIpc) is 2.23. The molecule has 2 nitrogen and oxygen atoms in total. The minimum atomic E-state index is -0.423. The van der Waals surface area contributed by atoms with Crippen molar-refractivity contribution in [1.82, 2.24) is 5.32 Å². The summed E-state index contributed by atoms with van der Waals surface area (Å²) in [5, 5.41) is 3.57. The predicted octanol–water partition coefficient (Wildman–Crippen LogP) is 3.35. The molecule has 1 rings (SSSR count). The smallest absolute Gasteiger partial charge is 0.251 e. The summed E-state index contributed by atoms with van der Waals surface area (Å²) < 4.78 is 13.6. The van der Waals surface area contributed by atoms with Gasteiger partial charge >= 0.3 is 0 Å². The van der Waals surface area contributed by atoms with Gasteiger partial charge < -0.3 is 5.32 Å². The molecule has 0 saturated carbocycles. The maximum atomic E-state index is 13.0. The van der Waals surface area contributed by atoms with Gasteiger partial charge in [0.25, 0.3) is 5.91 Å². The van der Waals surface area contributed by atoms with Crippen molar-refractivity contribution in [1.29, 1.82) is 0 Å². The minimum absolute atomic E-state index is 0.256. The second-order valence-corrected chi connectivity index (χ2v) is 5.19. The lowest BCUT2D eigenvalue weighted by atomic mass is 10.2. The molecule has 0 radical (unpaired) electrons. The van der Waals surface area contributed by atoms with E-state index in [0.717, 1.165) is 5.33 Å². The molecule has 0 fully saturated rings. The van der Waals surface area contributed by atoms with Crippen LogP contribution >= 0.6 is 31.9 Å². The highest BCUT2D eigenvalue weighted by atomic mass is 79.9. The Hall–Kier alpha value is -0.420. The van der Waals surface area contributed by atoms with Gasteiger partial charge in [0, 0.05) is 21.9 Å². The Kier molecular flexibility index (Phi) is 5.41. The molecule has 1 atom stereocenters. The van der Waals surface area contributed by atoms with Crippen molar-refractivity contribution in [2.75, 3.05) is 11.9 Å². The first-order valence-electron chi connectivity index (χ1n) is 4.83. The molecule has 1 aromatic carbocycles. The van der Waals surface area contributed by atoms with Crippen LogP contribution in [-0.2, 0) is 0 Å². The van der Waals surface area contributed by atoms with E-state index in [1.54, 1.807) is 6.07 Å². The van der Waals surface area contributed by atoms with Crippen molar-refractivity contribution in [3.8, 4) is 0 Å². The number of carbonyl (C=O) groups is 1. The summed E-state index contributed by atoms with van der Waals surface area (Å²) in [7, 11) is 0. The van der Waals surface area contributed by atoms with Crippen molar-refractivity contribution < 1.29 is 9.18 Å². The number of rotatable bonds is 4. The van der Waals surface area contributed by atoms with E-state index in [9.17, 15) is 9.18 Å². The summed E-state index contributed by atoms with van der Waals surface area (Å²) in [6.07, 6.45) is 0. The van der Waals surface area contributed by atoms with Gasteiger partial charge in [0.05, 0.1) is 0 Å². The Morgan fingerprint density at radius 1 is 1.50 bits per heavy atom. The van der Waals surface area contributed by atoms with Gasteiger partial charge in [-0.25, -0.2) is 4.39 Å². The van der Waals surface area contributed by atoms with E-state index in [2.05, 4.69) is 37.2 Å². The minimum Gasteiger partial charge on any atom is -0.352 e. The van der Waals surface area contributed by atoms with Crippen LogP contribution in [0.15, 0.2) is 22.7 Å². The van der Waals surface area contributed by atoms with E-state index in [4.69, 9.17) is 0 Å². The predicted molar refractivity (Wildman–Crippen MR) is 69.4 cm³/mol. The third kappa shape index (κ3) is 4.22. The maximum Gasteiger partial charge on any atom is 0.251 e. The lowest BCUT2D eigenvalue weighted by Crippen LogP contribution is -2.28. The molecule has 88 valence electrons. The number of hydrogen-bond donors (Lipinski definition) is 1. The van der Waals surface area contributed by atoms with Crippen LogP contribution in [0.5, 0.6) is 0 Å². The number of amides is 1. The molecule has 0 bridgehead atoms. The molecule has 0 heterocycles. The van der Waals surface area contributed by atoms with Gasteiger partial charge in [0.1, 0.15) is 5.82 Å². The molecule has 1 amide bonds. The quantitative estimate of drug-likeness (QED) is 0.827. The molecule has 5 heteroatoms. The van der Waals surface area contributed by atoms with Crippen LogP contribution in [-0.4, -0.2) is 17.8 Å². The molecule has 0 saturated heterocycles. The van der Waals surface area contributed by atoms with Gasteiger partial charge in [-0.1, -0.05) is 38.8 Å². The van der Waals surface area contributed by atoms with Gasteiger partial charge in [-0.15, -0.1) is 0 Å². The molecule has 1 unspecified atom stereocenters. The third-order valence-electron chi connectivity index (χ3n) is 2.00. The summed E-state index contributed by atoms with van der Waals surface area (Å²) in [5.74, 6) is -0.331. The Balaban J connectivity index is 2.66. The van der Waals surface area contributed by atoms with Crippen LogP contribution in [0.2, 0.25) is 0 Å². The van der Waals surface area contributed by atoms with E-state index < -0.39 is 5.82 Å². The first-order chi connectivity index (χ1) is 7.52. The van der Waals surface area contributed by atoms with Gasteiger partial charge in [-0.05, 0) is 24.1 Å². The topological polar surface area (TPSA) is 29.1 Å². The highest BCUT2D eigenvalue weighted by molar-refractivity contribution is 9.10. The molecular weight excluding hydrogens is 341 g/mol. The molecular formula is C11H12Br2FNO. The maximum absolute atomic E-state index is 13.0. The van der Waals surface area contributed by atoms with Gasteiger partial charge in [-0.3, -0.25) is 4.79 Å². The lowest BCUT2D eigenvalue weighted by molar-refractivity contribution is 0.0949. The summed E-state index contributed by atoms with van der Waals surface area (Å²) in [6, 6.07) is 4.13. The van der Waals surface area contributed by atoms with Crippen molar-refractivity contribution in [2.45, 2.75) is 6.92 Å². The van der Waals surface area contributed by atoms with Crippen molar-refractivity contribution in [2.24, 2.45) is 5.92 Å². The number of nitrogens with one attached hydrogen (secondary N) is 1. The van der Waals surface area contributed by atoms with E-state index in [1.165, 1.54) is 12.1 Å². The molecule has 0 aliphatic heterocycles. The van der Waals surface area contributed by atoms with Crippen LogP contribution in [0.4, 0.5) is 4.39 Å².